The van der Waals surface area contributed by atoms with Crippen LogP contribution in [0.25, 0.3) is 0 Å². The van der Waals surface area contributed by atoms with Crippen molar-refractivity contribution in [3.8, 4) is 0 Å². The summed E-state index contributed by atoms with van der Waals surface area (Å²) in [4.78, 5) is 31.3. The highest BCUT2D eigenvalue weighted by Crippen LogP contribution is 2.60. The van der Waals surface area contributed by atoms with Crippen LogP contribution >= 0.6 is 0 Å². The molecule has 6 heteroatoms. The molecule has 0 radical (unpaired) electrons. The summed E-state index contributed by atoms with van der Waals surface area (Å²) < 4.78 is 12.5. The van der Waals surface area contributed by atoms with Gasteiger partial charge in [-0.2, -0.15) is 0 Å². The van der Waals surface area contributed by atoms with Crippen LogP contribution in [0, 0.1) is 17.3 Å². The molecule has 33 heavy (non-hydrogen) atoms. The Morgan fingerprint density at radius 1 is 1.33 bits per heavy atom. The Balaban J connectivity index is 1.50. The van der Waals surface area contributed by atoms with Gasteiger partial charge in [0.1, 0.15) is 18.0 Å². The second kappa shape index (κ2) is 8.24. The first kappa shape index (κ1) is 22.1. The summed E-state index contributed by atoms with van der Waals surface area (Å²) >= 11 is 0. The normalized spacial score (nSPS) is 34.9. The van der Waals surface area contributed by atoms with Crippen molar-refractivity contribution < 1.29 is 19.1 Å². The van der Waals surface area contributed by atoms with E-state index in [-0.39, 0.29) is 47.1 Å². The fourth-order valence-electron chi connectivity index (χ4n) is 6.50. The number of esters is 1. The van der Waals surface area contributed by atoms with Crippen molar-refractivity contribution in [3.05, 3.63) is 65.2 Å². The van der Waals surface area contributed by atoms with Gasteiger partial charge >= 0.3 is 5.97 Å². The third kappa shape index (κ3) is 3.84. The van der Waals surface area contributed by atoms with E-state index in [1.807, 2.05) is 32.4 Å². The number of hydrogen-bond donors (Lipinski definition) is 0. The van der Waals surface area contributed by atoms with Crippen LogP contribution in [0.3, 0.4) is 0 Å². The molecule has 6 nitrogen and oxygen atoms in total. The molecule has 0 amide bonds. The third-order valence-corrected chi connectivity index (χ3v) is 7.77. The number of allylic oxidation sites excluding steroid dienone is 4. The molecule has 1 aliphatic heterocycles. The number of rotatable bonds is 4. The summed E-state index contributed by atoms with van der Waals surface area (Å²) in [5, 5.41) is 0. The standard InChI is InChI=1S/C27H32N2O4/c1-16(30)32-24-13-21-26-18(7-8-27(21,2)25(24)19-6-5-9-28-14-19)12-20-22(31)10-17(15-29(3)4)11-23(20)33-26/h5-9,12,14,17,21,24-26H,10-11,13,15H2,1-4H3/t17?,21-,24+,25-,26+,27-/m0/s1. The number of carbonyl (C=O) groups excluding carboxylic acids is 2. The van der Waals surface area contributed by atoms with Crippen LogP contribution in [0.4, 0.5) is 0 Å². The molecule has 1 unspecified atom stereocenters. The molecule has 174 valence electrons. The van der Waals surface area contributed by atoms with Crippen LogP contribution < -0.4 is 0 Å². The van der Waals surface area contributed by atoms with E-state index in [4.69, 9.17) is 9.47 Å². The summed E-state index contributed by atoms with van der Waals surface area (Å²) in [6.45, 7) is 4.57. The number of carbonyl (C=O) groups is 2. The van der Waals surface area contributed by atoms with Gasteiger partial charge in [0, 0.05) is 56.0 Å². The number of Topliss-reactive ketones (excluding diaryl/α,β-unsaturated/α-hetero) is 1. The zero-order chi connectivity index (χ0) is 23.3. The minimum Gasteiger partial charge on any atom is -0.489 e. The van der Waals surface area contributed by atoms with E-state index >= 15 is 0 Å². The molecular formula is C27H32N2O4. The number of ketones is 1. The van der Waals surface area contributed by atoms with Crippen molar-refractivity contribution in [1.82, 2.24) is 9.88 Å². The van der Waals surface area contributed by atoms with E-state index in [1.165, 1.54) is 6.92 Å². The second-order valence-electron chi connectivity index (χ2n) is 10.4. The van der Waals surface area contributed by atoms with E-state index in [9.17, 15) is 9.59 Å². The van der Waals surface area contributed by atoms with Crippen LogP contribution in [-0.4, -0.2) is 54.5 Å². The average Bonchev–Trinajstić information content (AvgIpc) is 3.04. The molecule has 2 heterocycles. The van der Waals surface area contributed by atoms with Crippen LogP contribution in [0.5, 0.6) is 0 Å². The number of hydrogen-bond acceptors (Lipinski definition) is 6. The maximum atomic E-state index is 12.9. The first-order chi connectivity index (χ1) is 15.8. The quantitative estimate of drug-likeness (QED) is 0.653. The van der Waals surface area contributed by atoms with Gasteiger partial charge in [0.15, 0.2) is 5.78 Å². The smallest absolute Gasteiger partial charge is 0.302 e. The Labute approximate surface area is 195 Å². The lowest BCUT2D eigenvalue weighted by atomic mass is 9.64. The van der Waals surface area contributed by atoms with Crippen molar-refractivity contribution in [2.24, 2.45) is 17.3 Å². The number of aromatic nitrogens is 1. The fraction of sp³-hybridized carbons (Fsp3) is 0.519. The van der Waals surface area contributed by atoms with E-state index in [0.29, 0.717) is 12.8 Å². The molecule has 5 rings (SSSR count). The van der Waals surface area contributed by atoms with Gasteiger partial charge in [0.25, 0.3) is 0 Å². The molecule has 1 aromatic rings. The van der Waals surface area contributed by atoms with Gasteiger partial charge in [-0.3, -0.25) is 14.6 Å². The van der Waals surface area contributed by atoms with E-state index < -0.39 is 0 Å². The lowest BCUT2D eigenvalue weighted by molar-refractivity contribution is -0.147. The average molecular weight is 449 g/mol. The van der Waals surface area contributed by atoms with Crippen LogP contribution in [0.2, 0.25) is 0 Å². The molecule has 0 bridgehead atoms. The van der Waals surface area contributed by atoms with Gasteiger partial charge < -0.3 is 14.4 Å². The molecule has 1 aromatic heterocycles. The Morgan fingerprint density at radius 2 is 2.15 bits per heavy atom. The molecule has 4 aliphatic rings. The maximum Gasteiger partial charge on any atom is 0.302 e. The highest BCUT2D eigenvalue weighted by molar-refractivity contribution is 6.00. The summed E-state index contributed by atoms with van der Waals surface area (Å²) in [5.41, 5.74) is 2.60. The van der Waals surface area contributed by atoms with Gasteiger partial charge in [-0.05, 0) is 49.7 Å². The van der Waals surface area contributed by atoms with Crippen LogP contribution in [0.1, 0.15) is 44.6 Å². The summed E-state index contributed by atoms with van der Waals surface area (Å²) in [6, 6.07) is 4.00. The second-order valence-corrected chi connectivity index (χ2v) is 10.4. The first-order valence-electron chi connectivity index (χ1n) is 11.8. The van der Waals surface area contributed by atoms with Crippen LogP contribution in [-0.2, 0) is 19.1 Å². The molecule has 6 atom stereocenters. The minimum atomic E-state index is -0.269. The van der Waals surface area contributed by atoms with Gasteiger partial charge in [0.2, 0.25) is 0 Å². The van der Waals surface area contributed by atoms with Gasteiger partial charge in [-0.15, -0.1) is 0 Å². The maximum absolute atomic E-state index is 12.9. The SMILES string of the molecule is CC(=O)O[C@@H]1C[C@H]2[C@@H]3OC4=C(C=C3C=C[C@]2(C)[C@H]1c1cccnc1)C(=O)CC(CN(C)C)C4. The largest absolute Gasteiger partial charge is 0.489 e. The lowest BCUT2D eigenvalue weighted by Crippen LogP contribution is -2.41. The molecule has 1 saturated carbocycles. The predicted octanol–water partition coefficient (Wildman–Crippen LogP) is 3.81. The summed E-state index contributed by atoms with van der Waals surface area (Å²) in [5.74, 6) is 1.13. The highest BCUT2D eigenvalue weighted by atomic mass is 16.5. The zero-order valence-corrected chi connectivity index (χ0v) is 19.8. The first-order valence-corrected chi connectivity index (χ1v) is 11.8. The molecule has 0 saturated heterocycles. The van der Waals surface area contributed by atoms with E-state index in [1.54, 1.807) is 6.20 Å². The molecule has 0 N–H and O–H groups in total. The topological polar surface area (TPSA) is 68.7 Å². The molecular weight excluding hydrogens is 416 g/mol. The van der Waals surface area contributed by atoms with Crippen molar-refractivity contribution in [1.29, 1.82) is 0 Å². The third-order valence-electron chi connectivity index (χ3n) is 7.77. The van der Waals surface area contributed by atoms with Gasteiger partial charge in [0.05, 0.1) is 5.57 Å². The van der Waals surface area contributed by atoms with E-state index in [2.05, 4.69) is 35.0 Å². The summed E-state index contributed by atoms with van der Waals surface area (Å²) in [7, 11) is 4.08. The van der Waals surface area contributed by atoms with Gasteiger partial charge in [-0.25, -0.2) is 0 Å². The minimum absolute atomic E-state index is 0.00801. The predicted molar refractivity (Wildman–Crippen MR) is 124 cm³/mol. The summed E-state index contributed by atoms with van der Waals surface area (Å²) in [6.07, 6.45) is 11.7. The Kier molecular flexibility index (Phi) is 5.52. The molecule has 0 spiro atoms. The number of ether oxygens (including phenoxy) is 2. The van der Waals surface area contributed by atoms with E-state index in [0.717, 1.165) is 35.4 Å². The van der Waals surface area contributed by atoms with Crippen molar-refractivity contribution in [2.75, 3.05) is 20.6 Å². The van der Waals surface area contributed by atoms with Crippen molar-refractivity contribution in [2.45, 2.75) is 51.2 Å². The Morgan fingerprint density at radius 3 is 2.85 bits per heavy atom. The highest BCUT2D eigenvalue weighted by Gasteiger charge is 2.58. The van der Waals surface area contributed by atoms with Crippen molar-refractivity contribution in [3.63, 3.8) is 0 Å². The monoisotopic (exact) mass is 448 g/mol. The lowest BCUT2D eigenvalue weighted by Gasteiger charge is -2.44. The fourth-order valence-corrected chi connectivity index (χ4v) is 6.50. The Bertz CT molecular complexity index is 1060. The number of nitrogens with zero attached hydrogens (tertiary/aromatic N) is 2. The number of pyridine rings is 1. The van der Waals surface area contributed by atoms with Crippen LogP contribution in [0.15, 0.2) is 59.7 Å². The zero-order valence-electron chi connectivity index (χ0n) is 19.8. The molecule has 3 aliphatic carbocycles. The van der Waals surface area contributed by atoms with Gasteiger partial charge in [-0.1, -0.05) is 25.1 Å². The Hall–Kier alpha value is -2.73. The molecule has 1 fully saturated rings. The number of fused-ring (bicyclic) bond motifs is 3. The molecule has 0 aromatic carbocycles. The van der Waals surface area contributed by atoms with Crippen molar-refractivity contribution >= 4 is 11.8 Å².